The van der Waals surface area contributed by atoms with Crippen LogP contribution in [0.25, 0.3) is 11.1 Å². The van der Waals surface area contributed by atoms with Gasteiger partial charge in [-0.1, -0.05) is 48.5 Å². The Morgan fingerprint density at radius 3 is 2.14 bits per heavy atom. The fourth-order valence-electron chi connectivity index (χ4n) is 4.63. The van der Waals surface area contributed by atoms with Crippen molar-refractivity contribution < 1.29 is 37.4 Å². The number of amides is 2. The number of benzene rings is 2. The van der Waals surface area contributed by atoms with Gasteiger partial charge in [-0.15, -0.1) is 0 Å². The second-order valence-corrected chi connectivity index (χ2v) is 9.22. The van der Waals surface area contributed by atoms with Gasteiger partial charge in [0.2, 0.25) is 5.91 Å². The van der Waals surface area contributed by atoms with Gasteiger partial charge < -0.3 is 20.1 Å². The molecule has 2 N–H and O–H groups in total. The summed E-state index contributed by atoms with van der Waals surface area (Å²) in [6, 6.07) is 12.9. The van der Waals surface area contributed by atoms with E-state index in [1.807, 2.05) is 53.8 Å². The van der Waals surface area contributed by atoms with Crippen LogP contribution in [0.3, 0.4) is 0 Å². The van der Waals surface area contributed by atoms with Crippen LogP contribution in [0.4, 0.5) is 18.0 Å². The molecule has 0 bridgehead atoms. The van der Waals surface area contributed by atoms with Gasteiger partial charge in [0.1, 0.15) is 12.6 Å². The van der Waals surface area contributed by atoms with E-state index in [0.717, 1.165) is 22.3 Å². The second-order valence-electron chi connectivity index (χ2n) is 9.22. The zero-order valence-corrected chi connectivity index (χ0v) is 19.0. The molecular weight excluding hydrogens is 465 g/mol. The number of likely N-dealkylation sites (tertiary alicyclic amines) is 1. The number of carboxylic acids is 1. The van der Waals surface area contributed by atoms with Crippen LogP contribution in [0.5, 0.6) is 0 Å². The van der Waals surface area contributed by atoms with Crippen LogP contribution in [0.15, 0.2) is 48.5 Å². The van der Waals surface area contributed by atoms with Gasteiger partial charge in [-0.2, -0.15) is 13.2 Å². The number of alkyl halides is 3. The Labute approximate surface area is 199 Å². The van der Waals surface area contributed by atoms with Crippen molar-refractivity contribution in [3.8, 4) is 11.1 Å². The quantitative estimate of drug-likeness (QED) is 0.608. The maximum absolute atomic E-state index is 13.5. The average Bonchev–Trinajstić information content (AvgIpc) is 3.11. The van der Waals surface area contributed by atoms with Gasteiger partial charge in [-0.3, -0.25) is 9.59 Å². The Balaban J connectivity index is 1.33. The van der Waals surface area contributed by atoms with E-state index in [2.05, 4.69) is 0 Å². The lowest BCUT2D eigenvalue weighted by molar-refractivity contribution is -0.165. The molecule has 2 aromatic carbocycles. The topological polar surface area (TPSA) is 95.9 Å². The third kappa shape index (κ3) is 4.96. The van der Waals surface area contributed by atoms with Gasteiger partial charge in [0.15, 0.2) is 0 Å². The molecular formula is C25H25F3N2O5. The number of fused-ring (bicyclic) bond motifs is 3. The van der Waals surface area contributed by atoms with Crippen molar-refractivity contribution in [1.29, 1.82) is 0 Å². The zero-order valence-electron chi connectivity index (χ0n) is 19.0. The number of aliphatic carboxylic acids is 1. The first-order valence-corrected chi connectivity index (χ1v) is 11.2. The molecule has 4 rings (SSSR count). The van der Waals surface area contributed by atoms with Crippen LogP contribution in [0, 0.1) is 5.41 Å². The van der Waals surface area contributed by atoms with Crippen molar-refractivity contribution in [2.24, 2.45) is 5.41 Å². The number of carboxylic acid groups (broad SMARTS) is 1. The van der Waals surface area contributed by atoms with Crippen LogP contribution in [-0.2, 0) is 14.3 Å². The normalized spacial score (nSPS) is 17.1. The van der Waals surface area contributed by atoms with E-state index in [1.165, 1.54) is 11.8 Å². The van der Waals surface area contributed by atoms with Crippen molar-refractivity contribution in [1.82, 2.24) is 10.2 Å². The summed E-state index contributed by atoms with van der Waals surface area (Å²) in [5, 5.41) is 10.9. The standard InChI is InChI=1S/C25H25F3N2O5/c1-24(22(32)33)13-30(14-24)21(31)11-10-20(25(26,27)28)29-23(34)35-12-19-17-8-4-2-6-15(17)16-7-3-5-9-18(16)19/h2-9,19-20H,10-14H2,1H3,(H,29,34)(H,32,33)/t20-/m0/s1. The molecule has 0 saturated carbocycles. The second kappa shape index (κ2) is 9.24. The molecule has 0 aromatic heterocycles. The number of halogens is 3. The highest BCUT2D eigenvalue weighted by molar-refractivity contribution is 5.83. The summed E-state index contributed by atoms with van der Waals surface area (Å²) >= 11 is 0. The third-order valence-corrected chi connectivity index (χ3v) is 6.63. The Bertz CT molecular complexity index is 1100. The molecule has 2 aliphatic rings. The number of carbonyl (C=O) groups excluding carboxylic acids is 2. The van der Waals surface area contributed by atoms with Crippen molar-refractivity contribution in [3.63, 3.8) is 0 Å². The van der Waals surface area contributed by atoms with E-state index in [9.17, 15) is 27.6 Å². The summed E-state index contributed by atoms with van der Waals surface area (Å²) in [6.45, 7) is 1.22. The fourth-order valence-corrected chi connectivity index (χ4v) is 4.63. The average molecular weight is 490 g/mol. The zero-order chi connectivity index (χ0) is 25.4. The Morgan fingerprint density at radius 1 is 1.09 bits per heavy atom. The van der Waals surface area contributed by atoms with Gasteiger partial charge in [0.25, 0.3) is 0 Å². The molecule has 2 aromatic rings. The van der Waals surface area contributed by atoms with Gasteiger partial charge in [0, 0.05) is 25.4 Å². The molecule has 0 radical (unpaired) electrons. The third-order valence-electron chi connectivity index (χ3n) is 6.63. The molecule has 35 heavy (non-hydrogen) atoms. The van der Waals surface area contributed by atoms with Crippen molar-refractivity contribution in [3.05, 3.63) is 59.7 Å². The number of hydrogen-bond donors (Lipinski definition) is 2. The number of rotatable bonds is 7. The largest absolute Gasteiger partial charge is 0.481 e. The minimum absolute atomic E-state index is 0.0579. The molecule has 2 amide bonds. The number of nitrogens with one attached hydrogen (secondary N) is 1. The molecule has 0 spiro atoms. The predicted molar refractivity (Wildman–Crippen MR) is 120 cm³/mol. The molecule has 1 fully saturated rings. The van der Waals surface area contributed by atoms with Crippen LogP contribution >= 0.6 is 0 Å². The van der Waals surface area contributed by atoms with E-state index in [1.54, 1.807) is 0 Å². The summed E-state index contributed by atoms with van der Waals surface area (Å²) < 4.78 is 45.8. The number of carbonyl (C=O) groups is 3. The predicted octanol–water partition coefficient (Wildman–Crippen LogP) is 4.17. The Morgan fingerprint density at radius 2 is 1.63 bits per heavy atom. The van der Waals surface area contributed by atoms with E-state index in [0.29, 0.717) is 0 Å². The van der Waals surface area contributed by atoms with Crippen LogP contribution in [0.2, 0.25) is 0 Å². The minimum atomic E-state index is -4.78. The molecule has 186 valence electrons. The van der Waals surface area contributed by atoms with Crippen LogP contribution in [-0.4, -0.2) is 59.9 Å². The summed E-state index contributed by atoms with van der Waals surface area (Å²) in [4.78, 5) is 36.8. The highest BCUT2D eigenvalue weighted by atomic mass is 19.4. The molecule has 10 heteroatoms. The van der Waals surface area contributed by atoms with Gasteiger partial charge in [-0.05, 0) is 35.6 Å². The van der Waals surface area contributed by atoms with Crippen molar-refractivity contribution in [2.75, 3.05) is 19.7 Å². The highest BCUT2D eigenvalue weighted by Gasteiger charge is 2.48. The lowest BCUT2D eigenvalue weighted by Crippen LogP contribution is -2.60. The van der Waals surface area contributed by atoms with Crippen LogP contribution < -0.4 is 5.32 Å². The first-order valence-electron chi connectivity index (χ1n) is 11.2. The summed E-state index contributed by atoms with van der Waals surface area (Å²) in [5.74, 6) is -1.95. The number of ether oxygens (including phenoxy) is 1. The number of alkyl carbamates (subject to hydrolysis) is 1. The monoisotopic (exact) mass is 490 g/mol. The van der Waals surface area contributed by atoms with Gasteiger partial charge in [-0.25, -0.2) is 4.79 Å². The smallest absolute Gasteiger partial charge is 0.408 e. The molecule has 7 nitrogen and oxygen atoms in total. The lowest BCUT2D eigenvalue weighted by atomic mass is 9.82. The first-order chi connectivity index (χ1) is 16.5. The van der Waals surface area contributed by atoms with Crippen molar-refractivity contribution >= 4 is 18.0 Å². The van der Waals surface area contributed by atoms with Gasteiger partial charge >= 0.3 is 18.2 Å². The van der Waals surface area contributed by atoms with Crippen LogP contribution in [0.1, 0.15) is 36.8 Å². The summed E-state index contributed by atoms with van der Waals surface area (Å²) in [5.41, 5.74) is 2.77. The first kappa shape index (κ1) is 24.6. The molecule has 1 saturated heterocycles. The Hall–Kier alpha value is -3.56. The molecule has 1 atom stereocenters. The lowest BCUT2D eigenvalue weighted by Gasteiger charge is -2.45. The fraction of sp³-hybridized carbons (Fsp3) is 0.400. The summed E-state index contributed by atoms with van der Waals surface area (Å²) in [7, 11) is 0. The van der Waals surface area contributed by atoms with E-state index < -0.39 is 48.4 Å². The number of hydrogen-bond acceptors (Lipinski definition) is 4. The summed E-state index contributed by atoms with van der Waals surface area (Å²) in [6.07, 6.45) is -7.16. The maximum atomic E-state index is 13.5. The maximum Gasteiger partial charge on any atom is 0.408 e. The Kier molecular flexibility index (Phi) is 6.48. The van der Waals surface area contributed by atoms with E-state index >= 15 is 0 Å². The minimum Gasteiger partial charge on any atom is -0.481 e. The van der Waals surface area contributed by atoms with Gasteiger partial charge in [0.05, 0.1) is 5.41 Å². The molecule has 1 aliphatic heterocycles. The van der Waals surface area contributed by atoms with E-state index in [-0.39, 0.29) is 25.6 Å². The molecule has 1 aliphatic carbocycles. The number of nitrogens with zero attached hydrogens (tertiary/aromatic N) is 1. The highest BCUT2D eigenvalue weighted by Crippen LogP contribution is 2.44. The van der Waals surface area contributed by atoms with E-state index in [4.69, 9.17) is 9.84 Å². The SMILES string of the molecule is CC1(C(=O)O)CN(C(=O)CC[C@H](NC(=O)OCC2c3ccccc3-c3ccccc32)C(F)(F)F)C1. The molecule has 0 unspecified atom stereocenters. The molecule has 1 heterocycles. The van der Waals surface area contributed by atoms with Crippen molar-refractivity contribution in [2.45, 2.75) is 37.9 Å².